The van der Waals surface area contributed by atoms with Crippen molar-refractivity contribution in [3.63, 3.8) is 0 Å². The van der Waals surface area contributed by atoms with Gasteiger partial charge >= 0.3 is 0 Å². The van der Waals surface area contributed by atoms with Gasteiger partial charge in [-0.2, -0.15) is 0 Å². The Morgan fingerprint density at radius 2 is 1.85 bits per heavy atom. The first-order valence-electron chi connectivity index (χ1n) is 12.4. The first-order chi connectivity index (χ1) is 16.1. The molecule has 1 heterocycles. The summed E-state index contributed by atoms with van der Waals surface area (Å²) in [5.74, 6) is 1.79. The van der Waals surface area contributed by atoms with Gasteiger partial charge in [0, 0.05) is 19.7 Å². The predicted octanol–water partition coefficient (Wildman–Crippen LogP) is 5.09. The van der Waals surface area contributed by atoms with Crippen LogP contribution in [0, 0.1) is 11.8 Å². The number of hydrogen-bond acceptors (Lipinski definition) is 4. The molecule has 1 saturated heterocycles. The fourth-order valence-corrected chi connectivity index (χ4v) is 4.23. The van der Waals surface area contributed by atoms with E-state index in [0.717, 1.165) is 49.7 Å². The Morgan fingerprint density at radius 1 is 1.09 bits per heavy atom. The summed E-state index contributed by atoms with van der Waals surface area (Å²) in [6.07, 6.45) is 3.44. The summed E-state index contributed by atoms with van der Waals surface area (Å²) in [6.45, 7) is 10.3. The molecule has 1 fully saturated rings. The van der Waals surface area contributed by atoms with Crippen LogP contribution in [0.15, 0.2) is 54.6 Å². The van der Waals surface area contributed by atoms with E-state index in [9.17, 15) is 4.79 Å². The van der Waals surface area contributed by atoms with Gasteiger partial charge in [0.2, 0.25) is 5.91 Å². The van der Waals surface area contributed by atoms with E-state index in [1.807, 2.05) is 49.4 Å². The molecule has 0 spiro atoms. The highest BCUT2D eigenvalue weighted by Crippen LogP contribution is 2.22. The number of benzene rings is 2. The highest BCUT2D eigenvalue weighted by molar-refractivity contribution is 5.83. The Labute approximate surface area is 199 Å². The van der Waals surface area contributed by atoms with Crippen LogP contribution in [0.25, 0.3) is 0 Å². The van der Waals surface area contributed by atoms with Crippen LogP contribution in [0.5, 0.6) is 5.75 Å². The lowest BCUT2D eigenvalue weighted by Crippen LogP contribution is -2.39. The van der Waals surface area contributed by atoms with Gasteiger partial charge in [0.25, 0.3) is 0 Å². The van der Waals surface area contributed by atoms with Gasteiger partial charge in [-0.25, -0.2) is 0 Å². The lowest BCUT2D eigenvalue weighted by molar-refractivity contribution is -0.123. The third kappa shape index (κ3) is 8.17. The summed E-state index contributed by atoms with van der Waals surface area (Å²) < 4.78 is 11.5. The van der Waals surface area contributed by atoms with E-state index in [2.05, 4.69) is 36.6 Å². The maximum atomic E-state index is 13.1. The number of carbonyl (C=O) groups excluding carboxylic acids is 1. The van der Waals surface area contributed by atoms with E-state index in [1.165, 1.54) is 12.8 Å². The quantitative estimate of drug-likeness (QED) is 0.444. The zero-order chi connectivity index (χ0) is 23.5. The van der Waals surface area contributed by atoms with E-state index in [-0.39, 0.29) is 17.9 Å². The van der Waals surface area contributed by atoms with Crippen LogP contribution in [0.2, 0.25) is 0 Å². The molecule has 180 valence electrons. The van der Waals surface area contributed by atoms with E-state index >= 15 is 0 Å². The van der Waals surface area contributed by atoms with Crippen molar-refractivity contribution < 1.29 is 14.3 Å². The number of carbonyl (C=O) groups is 1. The van der Waals surface area contributed by atoms with Crippen molar-refractivity contribution in [2.24, 2.45) is 11.8 Å². The molecule has 1 aliphatic rings. The topological polar surface area (TPSA) is 59.6 Å². The van der Waals surface area contributed by atoms with E-state index in [4.69, 9.17) is 9.47 Å². The third-order valence-corrected chi connectivity index (χ3v) is 6.41. The Hall–Kier alpha value is -2.37. The van der Waals surface area contributed by atoms with Crippen molar-refractivity contribution >= 4 is 5.91 Å². The average Bonchev–Trinajstić information content (AvgIpc) is 3.36. The van der Waals surface area contributed by atoms with E-state index < -0.39 is 0 Å². The zero-order valence-electron chi connectivity index (χ0n) is 20.4. The molecule has 4 atom stereocenters. The van der Waals surface area contributed by atoms with Gasteiger partial charge < -0.3 is 20.1 Å². The maximum absolute atomic E-state index is 13.1. The highest BCUT2D eigenvalue weighted by atomic mass is 16.5. The first kappa shape index (κ1) is 25.3. The second kappa shape index (κ2) is 13.4. The molecule has 0 aromatic heterocycles. The maximum Gasteiger partial charge on any atom is 0.227 e. The predicted molar refractivity (Wildman–Crippen MR) is 134 cm³/mol. The molecular formula is C28H40N2O3. The van der Waals surface area contributed by atoms with E-state index in [1.54, 1.807) is 0 Å². The van der Waals surface area contributed by atoms with Gasteiger partial charge in [-0.05, 0) is 54.9 Å². The number of ether oxygens (including phenoxy) is 2. The molecule has 5 heteroatoms. The molecule has 0 bridgehead atoms. The van der Waals surface area contributed by atoms with Crippen LogP contribution in [0.1, 0.15) is 63.1 Å². The minimum absolute atomic E-state index is 0.0333. The molecule has 33 heavy (non-hydrogen) atoms. The molecule has 2 aromatic carbocycles. The summed E-state index contributed by atoms with van der Waals surface area (Å²) in [5, 5.41) is 6.82. The molecule has 3 rings (SSSR count). The minimum Gasteiger partial charge on any atom is -0.493 e. The second-order valence-corrected chi connectivity index (χ2v) is 9.36. The number of amides is 1. The van der Waals surface area contributed by atoms with Crippen LogP contribution in [-0.2, 0) is 9.53 Å². The molecule has 1 amide bonds. The zero-order valence-corrected chi connectivity index (χ0v) is 20.4. The number of rotatable bonds is 13. The van der Waals surface area contributed by atoms with Crippen LogP contribution >= 0.6 is 0 Å². The molecule has 0 radical (unpaired) electrons. The second-order valence-electron chi connectivity index (χ2n) is 9.36. The Kier molecular flexibility index (Phi) is 10.2. The van der Waals surface area contributed by atoms with Crippen LogP contribution in [0.4, 0.5) is 0 Å². The van der Waals surface area contributed by atoms with E-state index in [0.29, 0.717) is 18.4 Å². The molecular weight excluding hydrogens is 412 g/mol. The molecule has 5 nitrogen and oxygen atoms in total. The van der Waals surface area contributed by atoms with Crippen molar-refractivity contribution in [2.45, 2.75) is 52.0 Å². The van der Waals surface area contributed by atoms with Crippen LogP contribution in [0.3, 0.4) is 0 Å². The lowest BCUT2D eigenvalue weighted by atomic mass is 9.99. The van der Waals surface area contributed by atoms with Crippen molar-refractivity contribution in [3.8, 4) is 5.75 Å². The van der Waals surface area contributed by atoms with Gasteiger partial charge in [0.15, 0.2) is 0 Å². The summed E-state index contributed by atoms with van der Waals surface area (Å²) in [5.41, 5.74) is 2.10. The largest absolute Gasteiger partial charge is 0.493 e. The monoisotopic (exact) mass is 452 g/mol. The van der Waals surface area contributed by atoms with Gasteiger partial charge in [0.1, 0.15) is 5.75 Å². The Balaban J connectivity index is 1.63. The lowest BCUT2D eigenvalue weighted by Gasteiger charge is -2.23. The summed E-state index contributed by atoms with van der Waals surface area (Å²) >= 11 is 0. The fourth-order valence-electron chi connectivity index (χ4n) is 4.23. The minimum atomic E-state index is -0.209. The van der Waals surface area contributed by atoms with Crippen molar-refractivity contribution in [2.75, 3.05) is 32.9 Å². The van der Waals surface area contributed by atoms with Gasteiger partial charge in [-0.3, -0.25) is 4.79 Å². The number of nitrogens with one attached hydrogen (secondary N) is 2. The smallest absolute Gasteiger partial charge is 0.227 e. The summed E-state index contributed by atoms with van der Waals surface area (Å²) in [7, 11) is 0. The molecule has 2 aromatic rings. The summed E-state index contributed by atoms with van der Waals surface area (Å²) in [6, 6.07) is 18.0. The highest BCUT2D eigenvalue weighted by Gasteiger charge is 2.21. The molecule has 0 aliphatic carbocycles. The Bertz CT molecular complexity index is 819. The standard InChI is InChI=1S/C28H40N2O3/c1-4-8-21(2)19-33-26-13-11-25(12-14-26)27(18-29-17-23-15-16-32-20-23)30-28(31)22(3)24-9-6-5-7-10-24/h5-7,9-14,21-23,27,29H,4,8,15-20H2,1-3H3,(H,30,31)/t21?,22-,23?,27-/m0/s1. The number of hydrogen-bond donors (Lipinski definition) is 2. The first-order valence-corrected chi connectivity index (χ1v) is 12.4. The molecule has 1 aliphatic heterocycles. The molecule has 2 unspecified atom stereocenters. The van der Waals surface area contributed by atoms with Gasteiger partial charge in [0.05, 0.1) is 25.2 Å². The molecule has 2 N–H and O–H groups in total. The third-order valence-electron chi connectivity index (χ3n) is 6.41. The summed E-state index contributed by atoms with van der Waals surface area (Å²) in [4.78, 5) is 13.1. The van der Waals surface area contributed by atoms with Crippen LogP contribution in [-0.4, -0.2) is 38.8 Å². The SMILES string of the molecule is CCCC(C)COc1ccc([C@H](CNCC2CCOC2)NC(=O)[C@@H](C)c2ccccc2)cc1. The average molecular weight is 453 g/mol. The van der Waals surface area contributed by atoms with Crippen molar-refractivity contribution in [1.29, 1.82) is 0 Å². The van der Waals surface area contributed by atoms with Gasteiger partial charge in [-0.15, -0.1) is 0 Å². The van der Waals surface area contributed by atoms with Crippen molar-refractivity contribution in [3.05, 3.63) is 65.7 Å². The van der Waals surface area contributed by atoms with Crippen LogP contribution < -0.4 is 15.4 Å². The molecule has 0 saturated carbocycles. The van der Waals surface area contributed by atoms with Crippen molar-refractivity contribution in [1.82, 2.24) is 10.6 Å². The fraction of sp³-hybridized carbons (Fsp3) is 0.536. The normalized spacial score (nSPS) is 18.5. The van der Waals surface area contributed by atoms with Gasteiger partial charge in [-0.1, -0.05) is 62.7 Å². The Morgan fingerprint density at radius 3 is 2.52 bits per heavy atom.